The van der Waals surface area contributed by atoms with Gasteiger partial charge in [0, 0.05) is 12.5 Å². The van der Waals surface area contributed by atoms with E-state index in [2.05, 4.69) is 4.98 Å². The van der Waals surface area contributed by atoms with E-state index in [0.717, 1.165) is 5.56 Å². The first kappa shape index (κ1) is 15.2. The average molecular weight is 305 g/mol. The van der Waals surface area contributed by atoms with Crippen molar-refractivity contribution in [1.82, 2.24) is 4.98 Å². The second kappa shape index (κ2) is 6.49. The molecule has 0 aliphatic carbocycles. The molecule has 0 unspecified atom stereocenters. The number of carbonyl (C=O) groups is 2. The Morgan fingerprint density at radius 1 is 1.33 bits per heavy atom. The Bertz CT molecular complexity index is 678. The van der Waals surface area contributed by atoms with Gasteiger partial charge in [-0.15, -0.1) is 11.3 Å². The monoisotopic (exact) mass is 305 g/mol. The molecule has 110 valence electrons. The van der Waals surface area contributed by atoms with Gasteiger partial charge in [-0.3, -0.25) is 4.79 Å². The van der Waals surface area contributed by atoms with Gasteiger partial charge in [-0.25, -0.2) is 9.78 Å². The molecule has 1 heterocycles. The Hall–Kier alpha value is -2.21. The molecule has 0 fully saturated rings. The fraction of sp³-hybridized carbons (Fsp3) is 0.267. The van der Waals surface area contributed by atoms with Gasteiger partial charge in [-0.05, 0) is 19.1 Å². The number of ether oxygens (including phenoxy) is 2. The van der Waals surface area contributed by atoms with Gasteiger partial charge < -0.3 is 9.47 Å². The molecule has 6 heteroatoms. The molecule has 0 bridgehead atoms. The van der Waals surface area contributed by atoms with Crippen LogP contribution >= 0.6 is 11.3 Å². The molecule has 0 aliphatic heterocycles. The molecule has 0 atom stereocenters. The van der Waals surface area contributed by atoms with E-state index in [1.165, 1.54) is 18.3 Å². The summed E-state index contributed by atoms with van der Waals surface area (Å²) in [5.74, 6) is -0.0949. The van der Waals surface area contributed by atoms with Crippen LogP contribution < -0.4 is 4.74 Å². The third kappa shape index (κ3) is 3.28. The molecule has 0 saturated carbocycles. The molecule has 0 N–H and O–H groups in total. The Morgan fingerprint density at radius 2 is 2.10 bits per heavy atom. The van der Waals surface area contributed by atoms with Crippen LogP contribution in [0.5, 0.6) is 5.75 Å². The van der Waals surface area contributed by atoms with Gasteiger partial charge in [0.25, 0.3) is 0 Å². The van der Waals surface area contributed by atoms with Crippen LogP contribution in [0.3, 0.4) is 0 Å². The molecule has 2 rings (SSSR count). The Balaban J connectivity index is 2.48. The lowest BCUT2D eigenvalue weighted by Gasteiger charge is -2.01. The molecule has 0 spiro atoms. The van der Waals surface area contributed by atoms with E-state index < -0.39 is 5.97 Å². The minimum absolute atomic E-state index is 0.0761. The van der Waals surface area contributed by atoms with Crippen molar-refractivity contribution >= 4 is 23.1 Å². The van der Waals surface area contributed by atoms with E-state index in [1.54, 1.807) is 20.1 Å². The number of thiazole rings is 1. The van der Waals surface area contributed by atoms with E-state index in [4.69, 9.17) is 9.47 Å². The fourth-order valence-corrected chi connectivity index (χ4v) is 2.72. The van der Waals surface area contributed by atoms with Gasteiger partial charge in [0.2, 0.25) is 0 Å². The van der Waals surface area contributed by atoms with Crippen molar-refractivity contribution < 1.29 is 19.1 Å². The summed E-state index contributed by atoms with van der Waals surface area (Å²) >= 11 is 1.18. The molecule has 5 nitrogen and oxygen atoms in total. The smallest absolute Gasteiger partial charge is 0.358 e. The van der Waals surface area contributed by atoms with Gasteiger partial charge in [0.05, 0.1) is 13.7 Å². The second-order valence-corrected chi connectivity index (χ2v) is 5.20. The maximum Gasteiger partial charge on any atom is 0.358 e. The van der Waals surface area contributed by atoms with Crippen LogP contribution in [0.1, 0.15) is 34.0 Å². The Labute approximate surface area is 126 Å². The lowest BCUT2D eigenvalue weighted by Crippen LogP contribution is -2.09. The van der Waals surface area contributed by atoms with Crippen LogP contribution in [-0.4, -0.2) is 30.5 Å². The third-order valence-electron chi connectivity index (χ3n) is 2.73. The quantitative estimate of drug-likeness (QED) is 0.627. The normalized spacial score (nSPS) is 10.2. The first-order chi connectivity index (χ1) is 10.1. The van der Waals surface area contributed by atoms with E-state index in [-0.39, 0.29) is 18.1 Å². The van der Waals surface area contributed by atoms with Crippen molar-refractivity contribution in [1.29, 1.82) is 0 Å². The van der Waals surface area contributed by atoms with E-state index in [9.17, 15) is 9.59 Å². The number of nitrogens with zero attached hydrogens (tertiary/aromatic N) is 1. The molecule has 21 heavy (non-hydrogen) atoms. The van der Waals surface area contributed by atoms with E-state index in [1.807, 2.05) is 18.2 Å². The summed E-state index contributed by atoms with van der Waals surface area (Å²) in [6, 6.07) is 7.29. The first-order valence-electron chi connectivity index (χ1n) is 6.40. The summed E-state index contributed by atoms with van der Waals surface area (Å²) in [6.45, 7) is 3.36. The van der Waals surface area contributed by atoms with Gasteiger partial charge in [-0.2, -0.15) is 0 Å². The zero-order chi connectivity index (χ0) is 15.4. The highest BCUT2D eigenvalue weighted by Gasteiger charge is 2.22. The Morgan fingerprint density at radius 3 is 2.71 bits per heavy atom. The highest BCUT2D eigenvalue weighted by molar-refractivity contribution is 7.17. The summed E-state index contributed by atoms with van der Waals surface area (Å²) in [6.07, 6.45) is 0. The van der Waals surface area contributed by atoms with Crippen molar-refractivity contribution in [3.8, 4) is 16.3 Å². The molecule has 0 aliphatic rings. The minimum Gasteiger partial charge on any atom is -0.497 e. The molecule has 0 amide bonds. The molecular formula is C15H15NO4S. The number of aromatic nitrogens is 1. The average Bonchev–Trinajstić information content (AvgIpc) is 2.93. The van der Waals surface area contributed by atoms with Crippen molar-refractivity contribution in [2.75, 3.05) is 13.7 Å². The van der Waals surface area contributed by atoms with Crippen molar-refractivity contribution in [2.45, 2.75) is 13.8 Å². The number of methoxy groups -OCH3 is 1. The van der Waals surface area contributed by atoms with Crippen molar-refractivity contribution in [3.05, 3.63) is 34.8 Å². The molecule has 1 aromatic heterocycles. The summed E-state index contributed by atoms with van der Waals surface area (Å²) in [5.41, 5.74) is 0.865. The molecule has 2 aromatic rings. The number of esters is 1. The zero-order valence-electron chi connectivity index (χ0n) is 12.0. The number of benzene rings is 1. The first-order valence-corrected chi connectivity index (χ1v) is 7.21. The molecule has 1 aromatic carbocycles. The minimum atomic E-state index is -0.576. The maximum absolute atomic E-state index is 11.9. The predicted molar refractivity (Wildman–Crippen MR) is 80.1 cm³/mol. The lowest BCUT2D eigenvalue weighted by molar-refractivity contribution is 0.0517. The number of Topliss-reactive ketones (excluding diaryl/α,β-unsaturated/α-hetero) is 1. The second-order valence-electron chi connectivity index (χ2n) is 4.21. The number of rotatable bonds is 5. The van der Waals surface area contributed by atoms with Gasteiger partial charge in [-0.1, -0.05) is 12.1 Å². The summed E-state index contributed by atoms with van der Waals surface area (Å²) in [5, 5.41) is 0.585. The van der Waals surface area contributed by atoms with Gasteiger partial charge >= 0.3 is 5.97 Å². The van der Waals surface area contributed by atoms with Crippen LogP contribution in [0, 0.1) is 0 Å². The van der Waals surface area contributed by atoms with Crippen LogP contribution in [0.4, 0.5) is 0 Å². The standard InChI is InChI=1S/C15H15NO4S/c1-4-20-15(18)12-13(9(2)17)21-14(16-12)10-6-5-7-11(8-10)19-3/h5-8H,4H2,1-3H3. The number of carbonyl (C=O) groups excluding carboxylic acids is 2. The zero-order valence-corrected chi connectivity index (χ0v) is 12.8. The van der Waals surface area contributed by atoms with Crippen LogP contribution in [-0.2, 0) is 4.74 Å². The number of hydrogen-bond donors (Lipinski definition) is 0. The SMILES string of the molecule is CCOC(=O)c1nc(-c2cccc(OC)c2)sc1C(C)=O. The van der Waals surface area contributed by atoms with Crippen LogP contribution in [0.25, 0.3) is 10.6 Å². The topological polar surface area (TPSA) is 65.5 Å². The molecule has 0 saturated heterocycles. The van der Waals surface area contributed by atoms with E-state index in [0.29, 0.717) is 15.6 Å². The Kier molecular flexibility index (Phi) is 4.70. The predicted octanol–water partition coefficient (Wildman–Crippen LogP) is 3.20. The van der Waals surface area contributed by atoms with Crippen molar-refractivity contribution in [3.63, 3.8) is 0 Å². The van der Waals surface area contributed by atoms with Crippen LogP contribution in [0.15, 0.2) is 24.3 Å². The highest BCUT2D eigenvalue weighted by atomic mass is 32.1. The molecular weight excluding hydrogens is 290 g/mol. The van der Waals surface area contributed by atoms with Gasteiger partial charge in [0.15, 0.2) is 11.5 Å². The largest absolute Gasteiger partial charge is 0.497 e. The fourth-order valence-electron chi connectivity index (χ4n) is 1.78. The highest BCUT2D eigenvalue weighted by Crippen LogP contribution is 2.30. The summed E-state index contributed by atoms with van der Waals surface area (Å²) in [4.78, 5) is 28.1. The van der Waals surface area contributed by atoms with Crippen LogP contribution in [0.2, 0.25) is 0 Å². The summed E-state index contributed by atoms with van der Waals surface area (Å²) < 4.78 is 10.1. The number of ketones is 1. The third-order valence-corrected chi connectivity index (χ3v) is 3.94. The van der Waals surface area contributed by atoms with Gasteiger partial charge in [0.1, 0.15) is 15.6 Å². The van der Waals surface area contributed by atoms with E-state index >= 15 is 0 Å². The van der Waals surface area contributed by atoms with Crippen molar-refractivity contribution in [2.24, 2.45) is 0 Å². The summed E-state index contributed by atoms with van der Waals surface area (Å²) in [7, 11) is 1.58. The lowest BCUT2D eigenvalue weighted by atomic mass is 10.2. The number of hydrogen-bond acceptors (Lipinski definition) is 6. The molecule has 0 radical (unpaired) electrons. The maximum atomic E-state index is 11.9.